The molecule has 11 heteroatoms. The van der Waals surface area contributed by atoms with Crippen LogP contribution in [0.25, 0.3) is 11.4 Å². The Labute approximate surface area is 194 Å². The Hall–Kier alpha value is -3.60. The summed E-state index contributed by atoms with van der Waals surface area (Å²) in [6.07, 6.45) is -4.45. The number of methoxy groups -OCH3 is 1. The molecule has 2 amide bonds. The Morgan fingerprint density at radius 1 is 1.12 bits per heavy atom. The molecule has 1 N–H and O–H groups in total. The summed E-state index contributed by atoms with van der Waals surface area (Å²) in [5, 5.41) is 6.73. The molecule has 0 radical (unpaired) electrons. The summed E-state index contributed by atoms with van der Waals surface area (Å²) >= 11 is 0. The van der Waals surface area contributed by atoms with Crippen molar-refractivity contribution in [3.63, 3.8) is 0 Å². The molecular weight excluding hydrogens is 451 g/mol. The monoisotopic (exact) mass is 475 g/mol. The van der Waals surface area contributed by atoms with Crippen LogP contribution in [0.4, 0.5) is 23.7 Å². The first kappa shape index (κ1) is 23.6. The third-order valence-corrected chi connectivity index (χ3v) is 5.74. The number of amides is 2. The fourth-order valence-corrected chi connectivity index (χ4v) is 3.77. The van der Waals surface area contributed by atoms with Crippen LogP contribution in [0, 0.1) is 0 Å². The van der Waals surface area contributed by atoms with E-state index in [0.29, 0.717) is 43.5 Å². The van der Waals surface area contributed by atoms with Gasteiger partial charge in [-0.25, -0.2) is 4.79 Å². The molecule has 3 aromatic rings. The van der Waals surface area contributed by atoms with Gasteiger partial charge < -0.3 is 19.5 Å². The van der Waals surface area contributed by atoms with E-state index >= 15 is 0 Å². The van der Waals surface area contributed by atoms with Gasteiger partial charge in [-0.15, -0.1) is 0 Å². The van der Waals surface area contributed by atoms with Gasteiger partial charge in [0.05, 0.1) is 24.4 Å². The van der Waals surface area contributed by atoms with Crippen LogP contribution in [-0.4, -0.2) is 59.3 Å². The maximum atomic E-state index is 13.0. The first-order valence-corrected chi connectivity index (χ1v) is 10.7. The molecule has 180 valence electrons. The van der Waals surface area contributed by atoms with Crippen LogP contribution in [0.2, 0.25) is 0 Å². The van der Waals surface area contributed by atoms with Crippen molar-refractivity contribution < 1.29 is 27.2 Å². The fourth-order valence-electron chi connectivity index (χ4n) is 3.77. The third kappa shape index (κ3) is 5.14. The molecule has 8 nitrogen and oxygen atoms in total. The lowest BCUT2D eigenvalue weighted by Gasteiger charge is -2.36. The van der Waals surface area contributed by atoms with E-state index in [1.54, 1.807) is 24.1 Å². The molecule has 1 aliphatic rings. The van der Waals surface area contributed by atoms with Gasteiger partial charge in [0.1, 0.15) is 5.75 Å². The van der Waals surface area contributed by atoms with Crippen molar-refractivity contribution in [2.24, 2.45) is 0 Å². The number of rotatable bonds is 5. The van der Waals surface area contributed by atoms with Gasteiger partial charge in [-0.3, -0.25) is 4.90 Å². The maximum absolute atomic E-state index is 13.0. The number of hydrogen-bond acceptors (Lipinski definition) is 6. The number of halogens is 3. The Bertz CT molecular complexity index is 1140. The Balaban J connectivity index is 1.36. The van der Waals surface area contributed by atoms with Gasteiger partial charge in [-0.2, -0.15) is 18.2 Å². The molecule has 1 aromatic heterocycles. The lowest BCUT2D eigenvalue weighted by Crippen LogP contribution is -2.50. The highest BCUT2D eigenvalue weighted by atomic mass is 19.4. The van der Waals surface area contributed by atoms with E-state index in [2.05, 4.69) is 20.4 Å². The van der Waals surface area contributed by atoms with Crippen molar-refractivity contribution in [3.05, 3.63) is 60.0 Å². The molecule has 34 heavy (non-hydrogen) atoms. The summed E-state index contributed by atoms with van der Waals surface area (Å²) < 4.78 is 49.6. The number of benzene rings is 2. The van der Waals surface area contributed by atoms with Gasteiger partial charge in [0.15, 0.2) is 0 Å². The molecule has 4 rings (SSSR count). The van der Waals surface area contributed by atoms with E-state index in [1.165, 1.54) is 12.1 Å². The Morgan fingerprint density at radius 3 is 2.56 bits per heavy atom. The van der Waals surface area contributed by atoms with Gasteiger partial charge in [0, 0.05) is 31.7 Å². The van der Waals surface area contributed by atoms with Gasteiger partial charge in [0.25, 0.3) is 0 Å². The number of para-hydroxylation sites is 2. The molecule has 1 saturated heterocycles. The van der Waals surface area contributed by atoms with Crippen molar-refractivity contribution in [1.82, 2.24) is 19.9 Å². The predicted molar refractivity (Wildman–Crippen MR) is 118 cm³/mol. The van der Waals surface area contributed by atoms with E-state index < -0.39 is 11.7 Å². The summed E-state index contributed by atoms with van der Waals surface area (Å²) in [7, 11) is 1.54. The van der Waals surface area contributed by atoms with Crippen LogP contribution < -0.4 is 10.1 Å². The second-order valence-electron chi connectivity index (χ2n) is 7.86. The van der Waals surface area contributed by atoms with Crippen molar-refractivity contribution in [2.75, 3.05) is 38.6 Å². The van der Waals surface area contributed by atoms with E-state index in [4.69, 9.17) is 9.26 Å². The highest BCUT2D eigenvalue weighted by molar-refractivity contribution is 5.91. The number of urea groups is 1. The van der Waals surface area contributed by atoms with Crippen molar-refractivity contribution in [3.8, 4) is 17.1 Å². The number of piperazine rings is 1. The Morgan fingerprint density at radius 2 is 1.85 bits per heavy atom. The molecular formula is C23H24F3N5O3. The molecule has 2 heterocycles. The minimum Gasteiger partial charge on any atom is -0.495 e. The molecule has 1 unspecified atom stereocenters. The molecule has 0 aliphatic carbocycles. The maximum Gasteiger partial charge on any atom is 0.416 e. The molecule has 1 aliphatic heterocycles. The minimum atomic E-state index is -4.45. The van der Waals surface area contributed by atoms with Crippen molar-refractivity contribution >= 4 is 11.7 Å². The number of carbonyl (C=O) groups excluding carboxylic acids is 1. The van der Waals surface area contributed by atoms with E-state index in [9.17, 15) is 18.0 Å². The molecule has 2 aromatic carbocycles. The summed E-state index contributed by atoms with van der Waals surface area (Å²) in [6.45, 7) is 4.00. The number of anilines is 1. The first-order valence-electron chi connectivity index (χ1n) is 10.7. The Kier molecular flexibility index (Phi) is 6.73. The normalized spacial score (nSPS) is 15.7. The summed E-state index contributed by atoms with van der Waals surface area (Å²) in [6, 6.07) is 11.5. The topological polar surface area (TPSA) is 83.7 Å². The third-order valence-electron chi connectivity index (χ3n) is 5.74. The van der Waals surface area contributed by atoms with Crippen molar-refractivity contribution in [1.29, 1.82) is 0 Å². The quantitative estimate of drug-likeness (QED) is 0.577. The number of carbonyl (C=O) groups is 1. The SMILES string of the molecule is COc1ccccc1NC(=O)N1CCN(C(C)c2nc(-c3cccc(C(F)(F)F)c3)no2)CC1. The van der Waals surface area contributed by atoms with Crippen LogP contribution in [0.5, 0.6) is 5.75 Å². The zero-order chi connectivity index (χ0) is 24.3. The van der Waals surface area contributed by atoms with Crippen molar-refractivity contribution in [2.45, 2.75) is 19.1 Å². The van der Waals surface area contributed by atoms with Crippen LogP contribution in [0.15, 0.2) is 53.1 Å². The lowest BCUT2D eigenvalue weighted by atomic mass is 10.1. The zero-order valence-electron chi connectivity index (χ0n) is 18.7. The smallest absolute Gasteiger partial charge is 0.416 e. The van der Waals surface area contributed by atoms with Crippen LogP contribution in [0.3, 0.4) is 0 Å². The number of ether oxygens (including phenoxy) is 1. The van der Waals surface area contributed by atoms with Gasteiger partial charge in [0.2, 0.25) is 11.7 Å². The van der Waals surface area contributed by atoms with E-state index in [-0.39, 0.29) is 23.5 Å². The molecule has 0 saturated carbocycles. The standard InChI is InChI=1S/C23H24F3N5O3/c1-15(21-28-20(29-34-21)16-6-5-7-17(14-16)23(24,25)26)30-10-12-31(13-11-30)22(32)27-18-8-3-4-9-19(18)33-2/h3-9,14-15H,10-13H2,1-2H3,(H,27,32). The minimum absolute atomic E-state index is 0.0998. The highest BCUT2D eigenvalue weighted by Crippen LogP contribution is 2.32. The molecule has 0 bridgehead atoms. The number of aromatic nitrogens is 2. The number of hydrogen-bond donors (Lipinski definition) is 1. The largest absolute Gasteiger partial charge is 0.495 e. The van der Waals surface area contributed by atoms with Gasteiger partial charge in [-0.1, -0.05) is 29.4 Å². The molecule has 1 fully saturated rings. The van der Waals surface area contributed by atoms with Crippen LogP contribution in [0.1, 0.15) is 24.4 Å². The number of nitrogens with one attached hydrogen (secondary N) is 1. The number of nitrogens with zero attached hydrogens (tertiary/aromatic N) is 4. The first-order chi connectivity index (χ1) is 16.3. The predicted octanol–water partition coefficient (Wildman–Crippen LogP) is 4.67. The summed E-state index contributed by atoms with van der Waals surface area (Å²) in [5.74, 6) is 0.984. The average molecular weight is 475 g/mol. The summed E-state index contributed by atoms with van der Waals surface area (Å²) in [4.78, 5) is 20.8. The zero-order valence-corrected chi connectivity index (χ0v) is 18.7. The summed E-state index contributed by atoms with van der Waals surface area (Å²) in [5.41, 5.74) is 0.0561. The second-order valence-corrected chi connectivity index (χ2v) is 7.86. The molecule has 0 spiro atoms. The van der Waals surface area contributed by atoms with Gasteiger partial charge >= 0.3 is 12.2 Å². The fraction of sp³-hybridized carbons (Fsp3) is 0.348. The van der Waals surface area contributed by atoms with Crippen LogP contribution in [-0.2, 0) is 6.18 Å². The van der Waals surface area contributed by atoms with Gasteiger partial charge in [-0.05, 0) is 31.2 Å². The second kappa shape index (κ2) is 9.72. The van der Waals surface area contributed by atoms with Crippen LogP contribution >= 0.6 is 0 Å². The lowest BCUT2D eigenvalue weighted by molar-refractivity contribution is -0.137. The number of alkyl halides is 3. The molecule has 1 atom stereocenters. The van der Waals surface area contributed by atoms with E-state index in [1.807, 2.05) is 19.1 Å². The highest BCUT2D eigenvalue weighted by Gasteiger charge is 2.31. The van der Waals surface area contributed by atoms with E-state index in [0.717, 1.165) is 12.1 Å². The average Bonchev–Trinajstić information content (AvgIpc) is 3.34.